The molecular formula is C17H28N2OS. The van der Waals surface area contributed by atoms with Crippen molar-refractivity contribution in [3.63, 3.8) is 0 Å². The van der Waals surface area contributed by atoms with Crippen LogP contribution in [0.15, 0.2) is 24.3 Å². The van der Waals surface area contributed by atoms with Crippen molar-refractivity contribution in [2.75, 3.05) is 13.7 Å². The van der Waals surface area contributed by atoms with E-state index < -0.39 is 0 Å². The Morgan fingerprint density at radius 3 is 2.52 bits per heavy atom. The summed E-state index contributed by atoms with van der Waals surface area (Å²) in [6.45, 7) is 3.88. The van der Waals surface area contributed by atoms with Gasteiger partial charge in [-0.2, -0.15) is 0 Å². The topological polar surface area (TPSA) is 33.3 Å². The van der Waals surface area contributed by atoms with E-state index in [0.29, 0.717) is 6.54 Å². The van der Waals surface area contributed by atoms with Crippen molar-refractivity contribution in [1.82, 2.24) is 10.6 Å². The molecule has 3 nitrogen and oxygen atoms in total. The Morgan fingerprint density at radius 1 is 1.05 bits per heavy atom. The quantitative estimate of drug-likeness (QED) is 0.505. The van der Waals surface area contributed by atoms with Gasteiger partial charge < -0.3 is 15.4 Å². The van der Waals surface area contributed by atoms with E-state index in [1.165, 1.54) is 38.5 Å². The van der Waals surface area contributed by atoms with Crippen LogP contribution in [0.2, 0.25) is 0 Å². The minimum absolute atomic E-state index is 0.687. The van der Waals surface area contributed by atoms with Crippen LogP contribution in [-0.2, 0) is 6.54 Å². The summed E-state index contributed by atoms with van der Waals surface area (Å²) in [5, 5.41) is 7.20. The van der Waals surface area contributed by atoms with Crippen molar-refractivity contribution in [2.45, 2.75) is 52.0 Å². The molecule has 1 aromatic rings. The second kappa shape index (κ2) is 11.4. The number of thiocarbonyl (C=S) groups is 1. The molecule has 2 N–H and O–H groups in total. The zero-order chi connectivity index (χ0) is 15.3. The van der Waals surface area contributed by atoms with Crippen molar-refractivity contribution >= 4 is 17.3 Å². The number of methoxy groups -OCH3 is 1. The number of nitrogens with one attached hydrogen (secondary N) is 2. The van der Waals surface area contributed by atoms with E-state index in [1.54, 1.807) is 7.11 Å². The number of para-hydroxylation sites is 1. The molecule has 0 aromatic heterocycles. The van der Waals surface area contributed by atoms with E-state index >= 15 is 0 Å². The van der Waals surface area contributed by atoms with E-state index in [4.69, 9.17) is 17.0 Å². The summed E-state index contributed by atoms with van der Waals surface area (Å²) in [4.78, 5) is 0. The van der Waals surface area contributed by atoms with Gasteiger partial charge in [0.25, 0.3) is 0 Å². The fourth-order valence-corrected chi connectivity index (χ4v) is 2.37. The fourth-order valence-electron chi connectivity index (χ4n) is 2.19. The molecular weight excluding hydrogens is 280 g/mol. The van der Waals surface area contributed by atoms with Gasteiger partial charge >= 0.3 is 0 Å². The molecule has 21 heavy (non-hydrogen) atoms. The molecule has 0 aliphatic heterocycles. The zero-order valence-corrected chi connectivity index (χ0v) is 14.1. The first-order valence-corrected chi connectivity index (χ1v) is 8.32. The lowest BCUT2D eigenvalue weighted by molar-refractivity contribution is 0.409. The van der Waals surface area contributed by atoms with Gasteiger partial charge in [0.15, 0.2) is 5.11 Å². The molecule has 0 bridgehead atoms. The van der Waals surface area contributed by atoms with Crippen LogP contribution >= 0.6 is 12.2 Å². The van der Waals surface area contributed by atoms with Crippen LogP contribution in [0, 0.1) is 0 Å². The summed E-state index contributed by atoms with van der Waals surface area (Å²) in [7, 11) is 1.69. The highest BCUT2D eigenvalue weighted by Gasteiger charge is 2.02. The maximum atomic E-state index is 5.32. The van der Waals surface area contributed by atoms with Gasteiger partial charge in [0, 0.05) is 18.7 Å². The van der Waals surface area contributed by atoms with Crippen LogP contribution in [-0.4, -0.2) is 18.8 Å². The molecule has 0 atom stereocenters. The fraction of sp³-hybridized carbons (Fsp3) is 0.588. The first-order valence-electron chi connectivity index (χ1n) is 7.91. The highest BCUT2D eigenvalue weighted by Crippen LogP contribution is 2.16. The first-order chi connectivity index (χ1) is 10.3. The third-order valence-corrected chi connectivity index (χ3v) is 3.74. The molecule has 0 saturated carbocycles. The van der Waals surface area contributed by atoms with Gasteiger partial charge in [-0.1, -0.05) is 57.2 Å². The lowest BCUT2D eigenvalue weighted by Gasteiger charge is -2.12. The minimum Gasteiger partial charge on any atom is -0.496 e. The van der Waals surface area contributed by atoms with Gasteiger partial charge in [0.05, 0.1) is 7.11 Å². The van der Waals surface area contributed by atoms with Crippen molar-refractivity contribution in [1.29, 1.82) is 0 Å². The van der Waals surface area contributed by atoms with Crippen LogP contribution in [0.4, 0.5) is 0 Å². The molecule has 1 aromatic carbocycles. The van der Waals surface area contributed by atoms with Gasteiger partial charge in [-0.3, -0.25) is 0 Å². The van der Waals surface area contributed by atoms with E-state index in [2.05, 4.69) is 17.6 Å². The third kappa shape index (κ3) is 7.90. The zero-order valence-electron chi connectivity index (χ0n) is 13.3. The largest absolute Gasteiger partial charge is 0.496 e. The molecule has 0 aliphatic rings. The Morgan fingerprint density at radius 2 is 1.76 bits per heavy atom. The van der Waals surface area contributed by atoms with Gasteiger partial charge in [0.1, 0.15) is 5.75 Å². The third-order valence-electron chi connectivity index (χ3n) is 3.45. The van der Waals surface area contributed by atoms with Crippen LogP contribution in [0.25, 0.3) is 0 Å². The first kappa shape index (κ1) is 17.8. The number of unbranched alkanes of at least 4 members (excludes halogenated alkanes) is 5. The number of benzene rings is 1. The molecule has 0 amide bonds. The summed E-state index contributed by atoms with van der Waals surface area (Å²) in [5.74, 6) is 0.892. The normalized spacial score (nSPS) is 10.2. The van der Waals surface area contributed by atoms with Crippen LogP contribution in [0.5, 0.6) is 5.75 Å². The van der Waals surface area contributed by atoms with Crippen molar-refractivity contribution in [3.8, 4) is 5.75 Å². The molecule has 0 fully saturated rings. The number of hydrogen-bond acceptors (Lipinski definition) is 2. The molecule has 4 heteroatoms. The lowest BCUT2D eigenvalue weighted by Crippen LogP contribution is -2.35. The molecule has 0 aliphatic carbocycles. The Balaban J connectivity index is 2.11. The number of hydrogen-bond donors (Lipinski definition) is 2. The molecule has 0 heterocycles. The molecule has 0 radical (unpaired) electrons. The monoisotopic (exact) mass is 308 g/mol. The van der Waals surface area contributed by atoms with Gasteiger partial charge in [0.2, 0.25) is 0 Å². The molecule has 0 spiro atoms. The molecule has 1 rings (SSSR count). The minimum atomic E-state index is 0.687. The highest BCUT2D eigenvalue weighted by atomic mass is 32.1. The summed E-state index contributed by atoms with van der Waals surface area (Å²) in [6.07, 6.45) is 7.80. The SMILES string of the molecule is CCCCCCCCNC(=S)NCc1ccccc1OC. The van der Waals surface area contributed by atoms with E-state index in [9.17, 15) is 0 Å². The second-order valence-corrected chi connectivity index (χ2v) is 5.60. The summed E-state index contributed by atoms with van der Waals surface area (Å²) in [5.41, 5.74) is 1.11. The van der Waals surface area contributed by atoms with Crippen molar-refractivity contribution < 1.29 is 4.74 Å². The van der Waals surface area contributed by atoms with E-state index in [-0.39, 0.29) is 0 Å². The maximum absolute atomic E-state index is 5.32. The Hall–Kier alpha value is -1.29. The lowest BCUT2D eigenvalue weighted by atomic mass is 10.1. The van der Waals surface area contributed by atoms with Gasteiger partial charge in [-0.15, -0.1) is 0 Å². The maximum Gasteiger partial charge on any atom is 0.166 e. The van der Waals surface area contributed by atoms with Crippen LogP contribution < -0.4 is 15.4 Å². The van der Waals surface area contributed by atoms with Gasteiger partial charge in [-0.05, 0) is 24.7 Å². The second-order valence-electron chi connectivity index (χ2n) is 5.19. The predicted molar refractivity (Wildman–Crippen MR) is 93.8 cm³/mol. The standard InChI is InChI=1S/C17H28N2OS/c1-3-4-5-6-7-10-13-18-17(21)19-14-15-11-8-9-12-16(15)20-2/h8-9,11-12H,3-7,10,13-14H2,1-2H3,(H2,18,19,21). The summed E-state index contributed by atoms with van der Waals surface area (Å²) >= 11 is 5.29. The van der Waals surface area contributed by atoms with Gasteiger partial charge in [-0.25, -0.2) is 0 Å². The van der Waals surface area contributed by atoms with E-state index in [0.717, 1.165) is 23.0 Å². The smallest absolute Gasteiger partial charge is 0.166 e. The Bertz CT molecular complexity index is 410. The van der Waals surface area contributed by atoms with Crippen LogP contribution in [0.3, 0.4) is 0 Å². The average Bonchev–Trinajstić information content (AvgIpc) is 2.52. The summed E-state index contributed by atoms with van der Waals surface area (Å²) in [6, 6.07) is 7.98. The molecule has 0 unspecified atom stereocenters. The molecule has 118 valence electrons. The molecule has 0 saturated heterocycles. The predicted octanol–water partition coefficient (Wildman–Crippen LogP) is 4.02. The number of ether oxygens (including phenoxy) is 1. The van der Waals surface area contributed by atoms with Crippen LogP contribution in [0.1, 0.15) is 51.0 Å². The number of rotatable bonds is 10. The van der Waals surface area contributed by atoms with Crippen molar-refractivity contribution in [3.05, 3.63) is 29.8 Å². The van der Waals surface area contributed by atoms with E-state index in [1.807, 2.05) is 24.3 Å². The Labute approximate surface area is 134 Å². The Kier molecular flexibility index (Phi) is 9.62. The highest BCUT2D eigenvalue weighted by molar-refractivity contribution is 7.80. The van der Waals surface area contributed by atoms with Crippen molar-refractivity contribution in [2.24, 2.45) is 0 Å². The summed E-state index contributed by atoms with van der Waals surface area (Å²) < 4.78 is 5.32. The average molecular weight is 308 g/mol.